The predicted octanol–water partition coefficient (Wildman–Crippen LogP) is 1.39. The van der Waals surface area contributed by atoms with Gasteiger partial charge in [-0.2, -0.15) is 0 Å². The number of hydrogen-bond donors (Lipinski definition) is 13. The molecule has 0 spiro atoms. The average molecular weight is 1580 g/mol. The molecule has 109 heavy (non-hydrogen) atoms. The molecule has 4 aromatic rings. The van der Waals surface area contributed by atoms with E-state index in [1.165, 1.54) is 35.0 Å². The van der Waals surface area contributed by atoms with Crippen LogP contribution < -0.4 is 55.7 Å². The Hall–Kier alpha value is -8.26. The zero-order valence-electron chi connectivity index (χ0n) is 62.9. The summed E-state index contributed by atoms with van der Waals surface area (Å²) in [5.74, 6) is -6.99. The van der Waals surface area contributed by atoms with Crippen molar-refractivity contribution in [2.24, 2.45) is 94.7 Å². The molecule has 37 heteroatoms. The van der Waals surface area contributed by atoms with Gasteiger partial charge in [0.05, 0.1) is 54.1 Å². The SMILES string of the molecule is C/C1=C2N=C(/C=C3\N/C(=C(/C)C4=N[C@@](C)([C@@H]5N=C1[C@](C)(CCC(=O)NC[C@@H](C)OP(=O)([O-])O[C@H]1[C@@H](O)[C@@H](n6cnc7cc(C)c(C)cc76)O[C@@H]1CO)[C@H]5CC(N)=O)[C@@](C)(CC(N)=O)[C@@H]4CCC(N)=O)[C@@](C)(CC(N)=O)[C@@H]3CCC(N)=O)C(C)(C)[C@@H]/2CCC(N)=O.[CH2-][C@H]1O[C@@H](n2cnc3c(N)ncnc32)[C@H](O)[C@@H]1O.[Co+3]. The van der Waals surface area contributed by atoms with Gasteiger partial charge >= 0.3 is 16.8 Å². The number of aliphatic hydroxyl groups is 4. The number of carbonyl (C=O) groups excluding carboxylic acids is 7. The maximum Gasteiger partial charge on any atom is 3.00 e. The number of allylic oxidation sites excluding steroid dienone is 6. The summed E-state index contributed by atoms with van der Waals surface area (Å²) < 4.78 is 38.8. The molecule has 8 bridgehead atoms. The Balaban J connectivity index is 0.000000623. The number of anilines is 1. The molecule has 7 amide bonds. The number of rotatable bonds is 27. The molecular formula is C72H101CoN18O17P+. The van der Waals surface area contributed by atoms with Gasteiger partial charge < -0.3 is 106 Å². The van der Waals surface area contributed by atoms with Crippen molar-refractivity contribution in [1.29, 1.82) is 0 Å². The van der Waals surface area contributed by atoms with Gasteiger partial charge in [-0.15, -0.1) is 0 Å². The van der Waals surface area contributed by atoms with Crippen molar-refractivity contribution in [2.75, 3.05) is 18.9 Å². The van der Waals surface area contributed by atoms with Crippen LogP contribution >= 0.6 is 7.82 Å². The summed E-state index contributed by atoms with van der Waals surface area (Å²) in [5, 5.41) is 47.7. The van der Waals surface area contributed by atoms with Crippen LogP contribution in [-0.4, -0.2) is 175 Å². The van der Waals surface area contributed by atoms with E-state index in [0.717, 1.165) is 11.1 Å². The number of primary amides is 6. The number of hydrogen-bond acceptors (Lipinski definition) is 26. The van der Waals surface area contributed by atoms with Gasteiger partial charge in [0.2, 0.25) is 41.4 Å². The molecule has 1 aromatic carbocycles. The quantitative estimate of drug-likeness (QED) is 0.0296. The first-order chi connectivity index (χ1) is 50.4. The minimum absolute atomic E-state index is 0. The molecule has 35 nitrogen and oxygen atoms in total. The summed E-state index contributed by atoms with van der Waals surface area (Å²) in [7, 11) is -5.32. The van der Waals surface area contributed by atoms with Crippen LogP contribution in [0, 0.1) is 66.1 Å². The van der Waals surface area contributed by atoms with Crippen molar-refractivity contribution in [1.82, 2.24) is 39.7 Å². The molecular weight excluding hydrogens is 1480 g/mol. The normalized spacial score (nSPS) is 33.6. The number of aryl methyl sites for hydroxylation is 2. The molecule has 1 unspecified atom stereocenters. The van der Waals surface area contributed by atoms with Gasteiger partial charge in [-0.1, -0.05) is 34.6 Å². The van der Waals surface area contributed by atoms with E-state index in [0.29, 0.717) is 67.6 Å². The van der Waals surface area contributed by atoms with E-state index < -0.39 is 168 Å². The molecule has 7 aliphatic heterocycles. The van der Waals surface area contributed by atoms with Crippen molar-refractivity contribution in [2.45, 2.75) is 214 Å². The number of imidazole rings is 2. The standard InChI is InChI=1S/C62H90N13O14P.C10H12N5O3.Co/c1-29-20-39-40(21-30(29)2)75(28-70-39)57-52(84)53(41(27-76)87-57)89-90(85,86)88-31(3)26-69-49(83)18-19-59(8)37(22-46(66)80)56-62(11)61(10,25-48(68)82)36(14-17-45(65)79)51(74-62)33(5)55-60(9,24-47(67)81)34(12-15-43(63)77)38(71-55)23-42-58(6,7)35(13-16-44(64)78)50(72-42)32(4)54(59)73-56;1-4-6(16)7(17)10(18-4)15-3-14-5-8(11)12-2-13-9(5)15;/h20-21,23,28,31,34-37,41,52-53,56-57,71,76,84H,12-19,22,24-27H2,1-11H3,(H2,63,77)(H2,64,78)(H2,65,79)(H2,66,80)(H2,67,81)(H2,68,82)(H,69,83)(H,85,86);2-4,6-7,10,16-17H,1H2,(H2,11,12,13);/q;-1;+3/p-1/b38-23-,50-32-,55-33-;;/t31-,34-,35-,36-,37+,41-,52-,53-,56-,57+,59-,60+,61+,62+;4-,6-,7-,10-;/m11./s1. The molecule has 3 aromatic heterocycles. The van der Waals surface area contributed by atoms with Crippen molar-refractivity contribution < 1.29 is 98.7 Å². The second-order valence-corrected chi connectivity index (χ2v) is 32.5. The van der Waals surface area contributed by atoms with Gasteiger partial charge in [0.25, 0.3) is 7.82 Å². The van der Waals surface area contributed by atoms with Gasteiger partial charge in [-0.05, 0) is 114 Å². The second kappa shape index (κ2) is 32.2. The molecule has 7 aliphatic rings. The van der Waals surface area contributed by atoms with E-state index >= 15 is 0 Å². The minimum Gasteiger partial charge on any atom is -0.756 e. The molecule has 3 fully saturated rings. The number of nitrogen functional groups attached to an aromatic ring is 1. The van der Waals surface area contributed by atoms with E-state index in [4.69, 9.17) is 73.6 Å². The molecule has 0 saturated carbocycles. The molecule has 20 N–H and O–H groups in total. The monoisotopic (exact) mass is 1580 g/mol. The maximum atomic E-state index is 14.4. The van der Waals surface area contributed by atoms with E-state index in [9.17, 15) is 63.4 Å². The van der Waals surface area contributed by atoms with Crippen LogP contribution in [0.25, 0.3) is 22.2 Å². The third kappa shape index (κ3) is 16.3. The molecule has 10 heterocycles. The van der Waals surface area contributed by atoms with Crippen molar-refractivity contribution >= 4 is 94.3 Å². The first-order valence-electron chi connectivity index (χ1n) is 35.9. The number of fused-ring (bicyclic) bond motifs is 8. The number of ether oxygens (including phenoxy) is 2. The number of carbonyl (C=O) groups is 7. The Kier molecular flexibility index (Phi) is 25.0. The minimum atomic E-state index is -5.32. The number of nitrogens with two attached hydrogens (primary N) is 7. The first-order valence-corrected chi connectivity index (χ1v) is 37.4. The van der Waals surface area contributed by atoms with Crippen LogP contribution in [0.2, 0.25) is 0 Å². The Morgan fingerprint density at radius 3 is 1.95 bits per heavy atom. The summed E-state index contributed by atoms with van der Waals surface area (Å²) in [6.45, 7) is 22.7. The summed E-state index contributed by atoms with van der Waals surface area (Å²) >= 11 is 0. The number of aromatic nitrogens is 6. The fourth-order valence-electron chi connectivity index (χ4n) is 17.4. The summed E-state index contributed by atoms with van der Waals surface area (Å²) in [6.07, 6.45) is -5.48. The fourth-order valence-corrected chi connectivity index (χ4v) is 18.6. The number of aliphatic hydroxyl groups excluding tert-OH is 4. The average Bonchev–Trinajstić information content (AvgIpc) is 1.53. The van der Waals surface area contributed by atoms with E-state index in [2.05, 4.69) is 37.5 Å². The number of phosphoric acid groups is 1. The molecule has 19 atom stereocenters. The largest absolute Gasteiger partial charge is 3.00 e. The molecule has 594 valence electrons. The Labute approximate surface area is 640 Å². The smallest absolute Gasteiger partial charge is 0.756 e. The fraction of sp³-hybridized carbons (Fsp3) is 0.597. The van der Waals surface area contributed by atoms with E-state index in [-0.39, 0.29) is 99.8 Å². The van der Waals surface area contributed by atoms with Gasteiger partial charge in [0.15, 0.2) is 23.9 Å². The van der Waals surface area contributed by atoms with E-state index in [1.54, 1.807) is 0 Å². The van der Waals surface area contributed by atoms with Gasteiger partial charge in [0.1, 0.15) is 36.3 Å². The zero-order chi connectivity index (χ0) is 79.6. The second-order valence-electron chi connectivity index (χ2n) is 31.2. The summed E-state index contributed by atoms with van der Waals surface area (Å²) in [4.78, 5) is 140. The third-order valence-electron chi connectivity index (χ3n) is 23.6. The topological polar surface area (TPSA) is 582 Å². The molecule has 11 rings (SSSR count). The Morgan fingerprint density at radius 1 is 0.752 bits per heavy atom. The first kappa shape index (κ1) is 84.8. The number of amides is 7. The van der Waals surface area contributed by atoms with Crippen molar-refractivity contribution in [3.8, 4) is 0 Å². The predicted molar refractivity (Wildman–Crippen MR) is 392 cm³/mol. The van der Waals surface area contributed by atoms with Crippen LogP contribution in [0.3, 0.4) is 0 Å². The third-order valence-corrected chi connectivity index (χ3v) is 24.7. The molecule has 0 aliphatic carbocycles. The van der Waals surface area contributed by atoms with E-state index in [1.807, 2.05) is 87.4 Å². The van der Waals surface area contributed by atoms with Gasteiger partial charge in [-0.3, -0.25) is 57.7 Å². The Bertz CT molecular complexity index is 4520. The van der Waals surface area contributed by atoms with Gasteiger partial charge in [-0.25, -0.2) is 19.9 Å². The maximum absolute atomic E-state index is 14.4. The van der Waals surface area contributed by atoms with Gasteiger partial charge in [0, 0.05) is 131 Å². The zero-order valence-corrected chi connectivity index (χ0v) is 64.8. The number of nitrogens with one attached hydrogen (secondary N) is 2. The molecule has 3 saturated heterocycles. The number of benzene rings is 1. The Morgan fingerprint density at radius 2 is 1.36 bits per heavy atom. The summed E-state index contributed by atoms with van der Waals surface area (Å²) in [5.41, 5.74) is 43.8. The summed E-state index contributed by atoms with van der Waals surface area (Å²) in [6, 6.07) is 2.67. The van der Waals surface area contributed by atoms with Crippen LogP contribution in [0.1, 0.15) is 157 Å². The van der Waals surface area contributed by atoms with Crippen LogP contribution in [0.5, 0.6) is 0 Å². The van der Waals surface area contributed by atoms with Crippen molar-refractivity contribution in [3.05, 3.63) is 83.5 Å². The van der Waals surface area contributed by atoms with Crippen LogP contribution in [0.15, 0.2) is 80.4 Å². The van der Waals surface area contributed by atoms with Crippen LogP contribution in [-0.2, 0) is 73.4 Å². The number of aliphatic imine (C=N–C) groups is 3. The van der Waals surface area contributed by atoms with Crippen LogP contribution in [0.4, 0.5) is 5.82 Å². The number of phosphoric ester groups is 1. The number of nitrogens with zero attached hydrogens (tertiary/aromatic N) is 9. The van der Waals surface area contributed by atoms with Crippen molar-refractivity contribution in [3.63, 3.8) is 0 Å². The molecule has 0 radical (unpaired) electrons.